The van der Waals surface area contributed by atoms with Crippen LogP contribution in [0.1, 0.15) is 60.8 Å². The highest BCUT2D eigenvalue weighted by molar-refractivity contribution is 5.73. The molecular formula is C28H33NO3. The van der Waals surface area contributed by atoms with E-state index in [1.165, 1.54) is 52.7 Å². The van der Waals surface area contributed by atoms with Crippen molar-refractivity contribution < 1.29 is 14.6 Å². The van der Waals surface area contributed by atoms with Crippen LogP contribution < -0.4 is 4.74 Å². The fraction of sp³-hybridized carbons (Fsp3) is 0.464. The number of ether oxygens (including phenoxy) is 1. The SMILES string of the molecule is CC1=C(CN2CC(C(=O)O)C2)CCc2cc(OCCC3CCCc4ccccc43)ccc21. The van der Waals surface area contributed by atoms with Crippen LogP contribution in [-0.4, -0.2) is 42.2 Å². The zero-order valence-electron chi connectivity index (χ0n) is 19.0. The molecule has 1 saturated heterocycles. The monoisotopic (exact) mass is 431 g/mol. The summed E-state index contributed by atoms with van der Waals surface area (Å²) in [5.74, 6) is 0.749. The highest BCUT2D eigenvalue weighted by Gasteiger charge is 2.33. The van der Waals surface area contributed by atoms with E-state index >= 15 is 0 Å². The average molecular weight is 432 g/mol. The van der Waals surface area contributed by atoms with Gasteiger partial charge in [-0.05, 0) is 91.3 Å². The van der Waals surface area contributed by atoms with Gasteiger partial charge in [-0.15, -0.1) is 0 Å². The molecule has 1 aliphatic heterocycles. The molecule has 0 spiro atoms. The van der Waals surface area contributed by atoms with Crippen LogP contribution >= 0.6 is 0 Å². The number of likely N-dealkylation sites (tertiary alicyclic amines) is 1. The van der Waals surface area contributed by atoms with Crippen molar-refractivity contribution in [1.82, 2.24) is 4.90 Å². The zero-order chi connectivity index (χ0) is 22.1. The van der Waals surface area contributed by atoms with E-state index < -0.39 is 5.97 Å². The zero-order valence-corrected chi connectivity index (χ0v) is 19.0. The lowest BCUT2D eigenvalue weighted by atomic mass is 9.81. The summed E-state index contributed by atoms with van der Waals surface area (Å²) in [4.78, 5) is 13.3. The number of aliphatic carboxylic acids is 1. The van der Waals surface area contributed by atoms with Gasteiger partial charge in [0.2, 0.25) is 0 Å². The first-order valence-corrected chi connectivity index (χ1v) is 12.1. The van der Waals surface area contributed by atoms with Crippen LogP contribution in [0.25, 0.3) is 5.57 Å². The molecule has 1 fully saturated rings. The molecule has 2 aliphatic carbocycles. The van der Waals surface area contributed by atoms with E-state index in [1.807, 2.05) is 0 Å². The molecule has 32 heavy (non-hydrogen) atoms. The summed E-state index contributed by atoms with van der Waals surface area (Å²) in [7, 11) is 0. The van der Waals surface area contributed by atoms with Crippen LogP contribution in [0, 0.1) is 5.92 Å². The van der Waals surface area contributed by atoms with E-state index in [0.717, 1.165) is 38.2 Å². The lowest BCUT2D eigenvalue weighted by molar-refractivity contribution is -0.147. The summed E-state index contributed by atoms with van der Waals surface area (Å²) in [5, 5.41) is 9.09. The molecule has 1 atom stereocenters. The first-order chi connectivity index (χ1) is 15.6. The van der Waals surface area contributed by atoms with Gasteiger partial charge in [0.15, 0.2) is 0 Å². The van der Waals surface area contributed by atoms with Crippen LogP contribution in [0.4, 0.5) is 0 Å². The van der Waals surface area contributed by atoms with Crippen LogP contribution in [-0.2, 0) is 17.6 Å². The Morgan fingerprint density at radius 1 is 1.09 bits per heavy atom. The van der Waals surface area contributed by atoms with Gasteiger partial charge < -0.3 is 9.84 Å². The quantitative estimate of drug-likeness (QED) is 0.645. The molecule has 4 heteroatoms. The molecule has 0 saturated carbocycles. The Balaban J connectivity index is 1.18. The molecule has 2 aromatic rings. The number of hydrogen-bond acceptors (Lipinski definition) is 3. The van der Waals surface area contributed by atoms with Gasteiger partial charge in [-0.3, -0.25) is 9.69 Å². The molecule has 5 rings (SSSR count). The molecular weight excluding hydrogens is 398 g/mol. The minimum atomic E-state index is -0.666. The lowest BCUT2D eigenvalue weighted by Crippen LogP contribution is -2.50. The number of nitrogens with zero attached hydrogens (tertiary/aromatic N) is 1. The van der Waals surface area contributed by atoms with Gasteiger partial charge in [0.25, 0.3) is 0 Å². The summed E-state index contributed by atoms with van der Waals surface area (Å²) in [6.07, 6.45) is 6.92. The van der Waals surface area contributed by atoms with Gasteiger partial charge in [0.1, 0.15) is 5.75 Å². The summed E-state index contributed by atoms with van der Waals surface area (Å²) in [5.41, 5.74) is 8.56. The maximum absolute atomic E-state index is 11.0. The number of rotatable bonds is 7. The van der Waals surface area contributed by atoms with Gasteiger partial charge in [-0.2, -0.15) is 0 Å². The molecule has 1 heterocycles. The largest absolute Gasteiger partial charge is 0.494 e. The van der Waals surface area contributed by atoms with Gasteiger partial charge in [-0.25, -0.2) is 0 Å². The molecule has 1 unspecified atom stereocenters. The summed E-state index contributed by atoms with van der Waals surface area (Å²) >= 11 is 0. The van der Waals surface area contributed by atoms with Gasteiger partial charge in [0, 0.05) is 19.6 Å². The first kappa shape index (κ1) is 21.3. The molecule has 2 aromatic carbocycles. The number of allylic oxidation sites excluding steroid dienone is 1. The second-order valence-electron chi connectivity index (χ2n) is 9.70. The molecule has 1 N–H and O–H groups in total. The molecule has 0 aromatic heterocycles. The van der Waals surface area contributed by atoms with Crippen molar-refractivity contribution in [1.29, 1.82) is 0 Å². The van der Waals surface area contributed by atoms with Crippen molar-refractivity contribution in [2.24, 2.45) is 5.92 Å². The third kappa shape index (κ3) is 4.33. The van der Waals surface area contributed by atoms with Crippen molar-refractivity contribution in [2.75, 3.05) is 26.2 Å². The van der Waals surface area contributed by atoms with Crippen molar-refractivity contribution in [3.8, 4) is 5.75 Å². The number of carboxylic acid groups (broad SMARTS) is 1. The summed E-state index contributed by atoms with van der Waals surface area (Å²) < 4.78 is 6.20. The van der Waals surface area contributed by atoms with E-state index in [4.69, 9.17) is 9.84 Å². The Hall–Kier alpha value is -2.59. The highest BCUT2D eigenvalue weighted by atomic mass is 16.5. The van der Waals surface area contributed by atoms with E-state index in [9.17, 15) is 4.79 Å². The number of carboxylic acids is 1. The van der Waals surface area contributed by atoms with Crippen molar-refractivity contribution >= 4 is 11.5 Å². The molecule has 168 valence electrons. The number of fused-ring (bicyclic) bond motifs is 2. The average Bonchev–Trinajstić information content (AvgIpc) is 2.77. The van der Waals surface area contributed by atoms with Crippen molar-refractivity contribution in [3.05, 3.63) is 70.3 Å². The topological polar surface area (TPSA) is 49.8 Å². The number of carbonyl (C=O) groups is 1. The van der Waals surface area contributed by atoms with Crippen LogP contribution in [0.3, 0.4) is 0 Å². The molecule has 0 bridgehead atoms. The molecule has 0 radical (unpaired) electrons. The third-order valence-electron chi connectivity index (χ3n) is 7.66. The van der Waals surface area contributed by atoms with Gasteiger partial charge in [-0.1, -0.05) is 35.9 Å². The number of benzene rings is 2. The maximum atomic E-state index is 11.0. The number of aryl methyl sites for hydroxylation is 2. The second-order valence-corrected chi connectivity index (χ2v) is 9.70. The van der Waals surface area contributed by atoms with Crippen LogP contribution in [0.2, 0.25) is 0 Å². The Labute approximate surface area is 190 Å². The van der Waals surface area contributed by atoms with E-state index in [0.29, 0.717) is 19.0 Å². The lowest BCUT2D eigenvalue weighted by Gasteiger charge is -2.38. The Morgan fingerprint density at radius 3 is 2.78 bits per heavy atom. The van der Waals surface area contributed by atoms with Crippen molar-refractivity contribution in [3.63, 3.8) is 0 Å². The highest BCUT2D eigenvalue weighted by Crippen LogP contribution is 2.36. The van der Waals surface area contributed by atoms with E-state index in [-0.39, 0.29) is 5.92 Å². The van der Waals surface area contributed by atoms with E-state index in [1.54, 1.807) is 0 Å². The minimum absolute atomic E-state index is 0.187. The fourth-order valence-electron chi connectivity index (χ4n) is 5.69. The molecule has 0 amide bonds. The minimum Gasteiger partial charge on any atom is -0.494 e. The summed E-state index contributed by atoms with van der Waals surface area (Å²) in [6, 6.07) is 15.5. The second kappa shape index (κ2) is 9.11. The van der Waals surface area contributed by atoms with E-state index in [2.05, 4.69) is 54.3 Å². The predicted octanol–water partition coefficient (Wildman–Crippen LogP) is 5.31. The standard InChI is InChI=1S/C28H33NO3/c1-19-23(16-29-17-24(18-29)28(30)31)10-9-22-15-25(11-12-26(19)22)32-14-13-21-7-4-6-20-5-2-3-8-27(20)21/h2-3,5,8,11-12,15,21,24H,4,6-7,9-10,13-14,16-18H2,1H3,(H,30,31). The Bertz CT molecular complexity index is 1030. The molecule has 4 nitrogen and oxygen atoms in total. The smallest absolute Gasteiger partial charge is 0.309 e. The Kier molecular flexibility index (Phi) is 6.05. The van der Waals surface area contributed by atoms with Gasteiger partial charge >= 0.3 is 5.97 Å². The maximum Gasteiger partial charge on any atom is 0.309 e. The first-order valence-electron chi connectivity index (χ1n) is 12.1. The van der Waals surface area contributed by atoms with Gasteiger partial charge in [0.05, 0.1) is 12.5 Å². The third-order valence-corrected chi connectivity index (χ3v) is 7.66. The van der Waals surface area contributed by atoms with Crippen molar-refractivity contribution in [2.45, 2.75) is 51.4 Å². The normalized spacial score (nSPS) is 21.0. The number of hydrogen-bond donors (Lipinski definition) is 1. The fourth-order valence-corrected chi connectivity index (χ4v) is 5.69. The molecule has 3 aliphatic rings. The van der Waals surface area contributed by atoms with Crippen LogP contribution in [0.5, 0.6) is 5.75 Å². The summed E-state index contributed by atoms with van der Waals surface area (Å²) in [6.45, 7) is 5.23. The predicted molar refractivity (Wildman–Crippen MR) is 127 cm³/mol. The Morgan fingerprint density at radius 2 is 1.94 bits per heavy atom. The van der Waals surface area contributed by atoms with Crippen LogP contribution in [0.15, 0.2) is 48.0 Å².